The van der Waals surface area contributed by atoms with Gasteiger partial charge in [0.1, 0.15) is 17.8 Å². The second-order valence-electron chi connectivity index (χ2n) is 5.29. The molecule has 0 bridgehead atoms. The first-order valence-electron chi connectivity index (χ1n) is 7.06. The van der Waals surface area contributed by atoms with Gasteiger partial charge < -0.3 is 10.2 Å². The molecule has 1 unspecified atom stereocenters. The molecule has 23 heavy (non-hydrogen) atoms. The second kappa shape index (κ2) is 5.57. The molecule has 2 heterocycles. The minimum atomic E-state index is -4.41. The topological polar surface area (TPSA) is 41.0 Å². The highest BCUT2D eigenvalue weighted by atomic mass is 19.4. The Morgan fingerprint density at radius 2 is 1.87 bits per heavy atom. The van der Waals surface area contributed by atoms with E-state index in [0.29, 0.717) is 11.6 Å². The Labute approximate surface area is 131 Å². The summed E-state index contributed by atoms with van der Waals surface area (Å²) in [6.45, 7) is 3.58. The molecule has 0 fully saturated rings. The number of hydrogen-bond donors (Lipinski definition) is 1. The summed E-state index contributed by atoms with van der Waals surface area (Å²) in [6.07, 6.45) is -1.78. The monoisotopic (exact) mass is 320 g/mol. The Hall–Kier alpha value is -2.57. The molecule has 1 aromatic heterocycles. The van der Waals surface area contributed by atoms with Gasteiger partial charge in [-0.1, -0.05) is 18.2 Å². The third-order valence-corrected chi connectivity index (χ3v) is 3.55. The van der Waals surface area contributed by atoms with Crippen molar-refractivity contribution in [2.45, 2.75) is 26.2 Å². The summed E-state index contributed by atoms with van der Waals surface area (Å²) in [6, 6.07) is 7.29. The maximum absolute atomic E-state index is 13.3. The van der Waals surface area contributed by atoms with E-state index < -0.39 is 17.9 Å². The van der Waals surface area contributed by atoms with E-state index >= 15 is 0 Å². The van der Waals surface area contributed by atoms with Crippen LogP contribution in [0.25, 0.3) is 0 Å². The van der Waals surface area contributed by atoms with Crippen molar-refractivity contribution in [1.29, 1.82) is 0 Å². The number of anilines is 1. The molecule has 1 N–H and O–H groups in total. The highest BCUT2D eigenvalue weighted by Crippen LogP contribution is 2.37. The molecule has 0 saturated heterocycles. The zero-order valence-electron chi connectivity index (χ0n) is 12.6. The van der Waals surface area contributed by atoms with Crippen molar-refractivity contribution < 1.29 is 13.2 Å². The highest BCUT2D eigenvalue weighted by Gasteiger charge is 2.37. The first-order chi connectivity index (χ1) is 10.9. The molecule has 120 valence electrons. The van der Waals surface area contributed by atoms with E-state index in [1.165, 1.54) is 12.1 Å². The molecule has 0 aliphatic carbocycles. The lowest BCUT2D eigenvalue weighted by Gasteiger charge is -2.27. The Morgan fingerprint density at radius 3 is 2.57 bits per heavy atom. The van der Waals surface area contributed by atoms with Gasteiger partial charge >= 0.3 is 6.18 Å². The van der Waals surface area contributed by atoms with Crippen LogP contribution < -0.4 is 10.2 Å². The minimum Gasteiger partial charge on any atom is -0.366 e. The van der Waals surface area contributed by atoms with Crippen molar-refractivity contribution in [1.82, 2.24) is 15.3 Å². The molecule has 0 amide bonds. The number of benzene rings is 1. The fourth-order valence-corrected chi connectivity index (χ4v) is 2.65. The van der Waals surface area contributed by atoms with E-state index in [4.69, 9.17) is 0 Å². The Kier molecular flexibility index (Phi) is 3.71. The molecule has 7 heteroatoms. The average Bonchev–Trinajstić information content (AvgIpc) is 2.94. The van der Waals surface area contributed by atoms with E-state index in [1.807, 2.05) is 6.92 Å². The standard InChI is InChI=1S/C16H15F3N4/c1-10-9-14(22-11(2)21-10)23-8-7-20-15(23)12-5-3-4-6-13(12)16(17,18)19/h3-9,15,20H,1-2H3. The van der Waals surface area contributed by atoms with Gasteiger partial charge in [-0.3, -0.25) is 0 Å². The van der Waals surface area contributed by atoms with Gasteiger partial charge in [0, 0.05) is 29.7 Å². The van der Waals surface area contributed by atoms with Gasteiger partial charge in [-0.15, -0.1) is 0 Å². The van der Waals surface area contributed by atoms with Crippen LogP contribution in [0.2, 0.25) is 0 Å². The van der Waals surface area contributed by atoms with E-state index in [-0.39, 0.29) is 5.56 Å². The average molecular weight is 320 g/mol. The molecule has 1 aliphatic heterocycles. The van der Waals surface area contributed by atoms with Gasteiger partial charge in [-0.05, 0) is 19.9 Å². The smallest absolute Gasteiger partial charge is 0.366 e. The SMILES string of the molecule is Cc1cc(N2C=CNC2c2ccccc2C(F)(F)F)nc(C)n1. The highest BCUT2D eigenvalue weighted by molar-refractivity contribution is 5.50. The van der Waals surface area contributed by atoms with Crippen LogP contribution in [0, 0.1) is 13.8 Å². The molecule has 0 saturated carbocycles. The molecule has 2 aromatic rings. The van der Waals surface area contributed by atoms with Crippen LogP contribution in [-0.2, 0) is 6.18 Å². The van der Waals surface area contributed by atoms with Crippen LogP contribution in [-0.4, -0.2) is 9.97 Å². The Balaban J connectivity index is 2.04. The largest absolute Gasteiger partial charge is 0.416 e. The van der Waals surface area contributed by atoms with Crippen LogP contribution in [0.3, 0.4) is 0 Å². The summed E-state index contributed by atoms with van der Waals surface area (Å²) in [5.41, 5.74) is 0.253. The number of rotatable bonds is 2. The summed E-state index contributed by atoms with van der Waals surface area (Å²) in [4.78, 5) is 10.2. The fraction of sp³-hybridized carbons (Fsp3) is 0.250. The lowest BCUT2D eigenvalue weighted by molar-refractivity contribution is -0.138. The molecular weight excluding hydrogens is 305 g/mol. The number of hydrogen-bond acceptors (Lipinski definition) is 4. The van der Waals surface area contributed by atoms with Crippen molar-refractivity contribution in [3.63, 3.8) is 0 Å². The summed E-state index contributed by atoms with van der Waals surface area (Å²) < 4.78 is 39.8. The fourth-order valence-electron chi connectivity index (χ4n) is 2.65. The van der Waals surface area contributed by atoms with E-state index in [9.17, 15) is 13.2 Å². The quantitative estimate of drug-likeness (QED) is 0.916. The van der Waals surface area contributed by atoms with Crippen LogP contribution in [0.15, 0.2) is 42.7 Å². The van der Waals surface area contributed by atoms with Gasteiger partial charge in [0.2, 0.25) is 0 Å². The third-order valence-electron chi connectivity index (χ3n) is 3.55. The van der Waals surface area contributed by atoms with E-state index in [0.717, 1.165) is 11.8 Å². The first-order valence-corrected chi connectivity index (χ1v) is 7.06. The molecular formula is C16H15F3N4. The van der Waals surface area contributed by atoms with Crippen molar-refractivity contribution >= 4 is 5.82 Å². The molecule has 1 aromatic carbocycles. The predicted molar refractivity (Wildman–Crippen MR) is 80.4 cm³/mol. The number of halogens is 3. The van der Waals surface area contributed by atoms with Gasteiger partial charge in [0.05, 0.1) is 5.56 Å². The maximum atomic E-state index is 13.3. The third kappa shape index (κ3) is 2.99. The van der Waals surface area contributed by atoms with Crippen LogP contribution >= 0.6 is 0 Å². The number of nitrogens with zero attached hydrogens (tertiary/aromatic N) is 3. The van der Waals surface area contributed by atoms with E-state index in [2.05, 4.69) is 15.3 Å². The van der Waals surface area contributed by atoms with Crippen molar-refractivity contribution in [3.05, 3.63) is 65.4 Å². The van der Waals surface area contributed by atoms with Crippen LogP contribution in [0.4, 0.5) is 19.0 Å². The number of aryl methyl sites for hydroxylation is 2. The number of aromatic nitrogens is 2. The van der Waals surface area contributed by atoms with Gasteiger partial charge in [-0.2, -0.15) is 13.2 Å². The number of nitrogens with one attached hydrogen (secondary N) is 1. The molecule has 4 nitrogen and oxygen atoms in total. The summed E-state index contributed by atoms with van der Waals surface area (Å²) in [5, 5.41) is 2.96. The van der Waals surface area contributed by atoms with E-state index in [1.54, 1.807) is 36.4 Å². The normalized spacial score (nSPS) is 17.4. The van der Waals surface area contributed by atoms with Crippen molar-refractivity contribution in [2.75, 3.05) is 4.90 Å². The summed E-state index contributed by atoms with van der Waals surface area (Å²) in [5.74, 6) is 1.13. The molecule has 0 radical (unpaired) electrons. The zero-order valence-corrected chi connectivity index (χ0v) is 12.6. The van der Waals surface area contributed by atoms with Gasteiger partial charge in [0.15, 0.2) is 0 Å². The summed E-state index contributed by atoms with van der Waals surface area (Å²) >= 11 is 0. The zero-order chi connectivity index (χ0) is 16.6. The van der Waals surface area contributed by atoms with Crippen LogP contribution in [0.1, 0.15) is 28.8 Å². The van der Waals surface area contributed by atoms with Crippen molar-refractivity contribution in [2.24, 2.45) is 0 Å². The van der Waals surface area contributed by atoms with Gasteiger partial charge in [0.25, 0.3) is 0 Å². The minimum absolute atomic E-state index is 0.152. The number of alkyl halides is 3. The Morgan fingerprint density at radius 1 is 1.13 bits per heavy atom. The lowest BCUT2D eigenvalue weighted by atomic mass is 10.0. The summed E-state index contributed by atoms with van der Waals surface area (Å²) in [7, 11) is 0. The van der Waals surface area contributed by atoms with Gasteiger partial charge in [-0.25, -0.2) is 9.97 Å². The predicted octanol–water partition coefficient (Wildman–Crippen LogP) is 3.69. The lowest BCUT2D eigenvalue weighted by Crippen LogP contribution is -2.29. The van der Waals surface area contributed by atoms with Crippen LogP contribution in [0.5, 0.6) is 0 Å². The molecule has 1 aliphatic rings. The molecule has 3 rings (SSSR count). The first kappa shape index (κ1) is 15.3. The molecule has 0 spiro atoms. The van der Waals surface area contributed by atoms with Crippen molar-refractivity contribution in [3.8, 4) is 0 Å². The molecule has 1 atom stereocenters. The Bertz CT molecular complexity index is 735. The second-order valence-corrected chi connectivity index (χ2v) is 5.29. The maximum Gasteiger partial charge on any atom is 0.416 e.